The Morgan fingerprint density at radius 2 is 1.18 bits per heavy atom. The van der Waals surface area contributed by atoms with Crippen molar-refractivity contribution in [2.75, 3.05) is 0 Å². The second kappa shape index (κ2) is 15.0. The minimum Gasteiger partial charge on any atom is -0.285 e. The van der Waals surface area contributed by atoms with Crippen molar-refractivity contribution in [3.63, 3.8) is 0 Å². The number of hydrogen-bond donors (Lipinski definition) is 1. The summed E-state index contributed by atoms with van der Waals surface area (Å²) in [5, 5.41) is -0.786. The predicted molar refractivity (Wildman–Crippen MR) is 120 cm³/mol. The van der Waals surface area contributed by atoms with Gasteiger partial charge >= 0.3 is 0 Å². The number of rotatable bonds is 17. The Morgan fingerprint density at radius 1 is 0.750 bits per heavy atom. The molecule has 1 unspecified atom stereocenters. The maximum atomic E-state index is 11.8. The minimum atomic E-state index is -4.06. The predicted octanol–water partition coefficient (Wildman–Crippen LogP) is 7.80. The van der Waals surface area contributed by atoms with Crippen molar-refractivity contribution in [3.8, 4) is 0 Å². The van der Waals surface area contributed by atoms with Crippen LogP contribution < -0.4 is 0 Å². The van der Waals surface area contributed by atoms with E-state index in [0.717, 1.165) is 30.4 Å². The second-order valence-corrected chi connectivity index (χ2v) is 9.84. The quantitative estimate of drug-likeness (QED) is 0.210. The molecule has 0 aliphatic rings. The molecule has 0 amide bonds. The van der Waals surface area contributed by atoms with Gasteiger partial charge in [0.1, 0.15) is 5.25 Å². The molecule has 4 heteroatoms. The van der Waals surface area contributed by atoms with Crippen molar-refractivity contribution in [2.24, 2.45) is 0 Å². The zero-order valence-electron chi connectivity index (χ0n) is 18.2. The third-order valence-electron chi connectivity index (χ3n) is 5.71. The standard InChI is InChI=1S/C24H42O3S/c1-3-4-5-6-7-8-9-10-11-12-13-14-15-16-21-24(28(25,26)27)23-20-18-17-19-22(23)2/h17-20,24H,3-16,21H2,1-2H3,(H,25,26,27). The third-order valence-corrected chi connectivity index (χ3v) is 6.92. The molecule has 1 aromatic carbocycles. The monoisotopic (exact) mass is 410 g/mol. The zero-order valence-corrected chi connectivity index (χ0v) is 19.0. The Bertz CT molecular complexity index is 610. The van der Waals surface area contributed by atoms with Crippen LogP contribution in [0, 0.1) is 6.92 Å². The molecule has 1 N–H and O–H groups in total. The van der Waals surface area contributed by atoms with Crippen LogP contribution in [0.15, 0.2) is 24.3 Å². The highest BCUT2D eigenvalue weighted by atomic mass is 32.2. The van der Waals surface area contributed by atoms with E-state index in [1.807, 2.05) is 31.2 Å². The van der Waals surface area contributed by atoms with Crippen LogP contribution in [0.4, 0.5) is 0 Å². The molecule has 0 aliphatic carbocycles. The van der Waals surface area contributed by atoms with Gasteiger partial charge in [0.05, 0.1) is 0 Å². The molecule has 0 heterocycles. The third kappa shape index (κ3) is 11.2. The average molecular weight is 411 g/mol. The van der Waals surface area contributed by atoms with Crippen molar-refractivity contribution in [2.45, 2.75) is 115 Å². The van der Waals surface area contributed by atoms with Gasteiger partial charge in [-0.25, -0.2) is 0 Å². The van der Waals surface area contributed by atoms with E-state index in [2.05, 4.69) is 6.92 Å². The van der Waals surface area contributed by atoms with Crippen LogP contribution in [0.3, 0.4) is 0 Å². The second-order valence-electron chi connectivity index (χ2n) is 8.25. The number of hydrogen-bond acceptors (Lipinski definition) is 2. The molecule has 0 saturated carbocycles. The number of benzene rings is 1. The first-order chi connectivity index (χ1) is 13.5. The largest absolute Gasteiger partial charge is 0.285 e. The van der Waals surface area contributed by atoms with Gasteiger partial charge in [-0.1, -0.05) is 121 Å². The van der Waals surface area contributed by atoms with Crippen molar-refractivity contribution >= 4 is 10.1 Å². The smallest absolute Gasteiger partial charge is 0.271 e. The summed E-state index contributed by atoms with van der Waals surface area (Å²) < 4.78 is 33.2. The lowest BCUT2D eigenvalue weighted by atomic mass is 10.00. The molecule has 28 heavy (non-hydrogen) atoms. The van der Waals surface area contributed by atoms with E-state index in [9.17, 15) is 13.0 Å². The first kappa shape index (κ1) is 25.2. The van der Waals surface area contributed by atoms with Gasteiger partial charge in [-0.3, -0.25) is 4.55 Å². The van der Waals surface area contributed by atoms with Gasteiger partial charge in [-0.05, 0) is 24.5 Å². The molecule has 0 aromatic heterocycles. The molecule has 0 fully saturated rings. The summed E-state index contributed by atoms with van der Waals surface area (Å²) >= 11 is 0. The van der Waals surface area contributed by atoms with Gasteiger partial charge in [0.15, 0.2) is 0 Å². The summed E-state index contributed by atoms with van der Waals surface area (Å²) in [6.45, 7) is 4.16. The highest BCUT2D eigenvalue weighted by molar-refractivity contribution is 7.86. The summed E-state index contributed by atoms with van der Waals surface area (Å²) in [7, 11) is -4.06. The molecule has 1 rings (SSSR count). The molecule has 3 nitrogen and oxygen atoms in total. The summed E-state index contributed by atoms with van der Waals surface area (Å²) in [6, 6.07) is 7.45. The van der Waals surface area contributed by atoms with Gasteiger partial charge in [0.2, 0.25) is 0 Å². The fourth-order valence-electron chi connectivity index (χ4n) is 3.94. The minimum absolute atomic E-state index is 0.502. The van der Waals surface area contributed by atoms with Crippen LogP contribution in [0.2, 0.25) is 0 Å². The van der Waals surface area contributed by atoms with Gasteiger partial charge in [0, 0.05) is 0 Å². The molecule has 0 saturated heterocycles. The average Bonchev–Trinajstić information content (AvgIpc) is 2.65. The maximum Gasteiger partial charge on any atom is 0.271 e. The Morgan fingerprint density at radius 3 is 1.61 bits per heavy atom. The molecule has 1 aromatic rings. The van der Waals surface area contributed by atoms with Gasteiger partial charge in [-0.15, -0.1) is 0 Å². The van der Waals surface area contributed by atoms with Crippen LogP contribution in [0.1, 0.15) is 120 Å². The van der Waals surface area contributed by atoms with Crippen molar-refractivity contribution < 1.29 is 13.0 Å². The van der Waals surface area contributed by atoms with Crippen molar-refractivity contribution in [1.29, 1.82) is 0 Å². The molecule has 0 bridgehead atoms. The molecule has 0 aliphatic heterocycles. The van der Waals surface area contributed by atoms with Crippen LogP contribution in [-0.2, 0) is 10.1 Å². The molecule has 1 atom stereocenters. The normalized spacial score (nSPS) is 13.0. The maximum absolute atomic E-state index is 11.8. The van der Waals surface area contributed by atoms with Crippen LogP contribution in [0.25, 0.3) is 0 Å². The van der Waals surface area contributed by atoms with Gasteiger partial charge in [-0.2, -0.15) is 8.42 Å². The number of unbranched alkanes of at least 4 members (excludes halogenated alkanes) is 13. The highest BCUT2D eigenvalue weighted by Gasteiger charge is 2.25. The van der Waals surface area contributed by atoms with E-state index in [-0.39, 0.29) is 0 Å². The summed E-state index contributed by atoms with van der Waals surface area (Å²) in [5.41, 5.74) is 1.66. The Labute approximate surface area is 174 Å². The Hall–Kier alpha value is -0.870. The van der Waals surface area contributed by atoms with E-state index in [1.54, 1.807) is 0 Å². The zero-order chi connectivity index (χ0) is 20.7. The van der Waals surface area contributed by atoms with Crippen LogP contribution in [0.5, 0.6) is 0 Å². The lowest BCUT2D eigenvalue weighted by molar-refractivity contribution is 0.458. The Kier molecular flexibility index (Phi) is 13.5. The molecular weight excluding hydrogens is 368 g/mol. The molecule has 162 valence electrons. The van der Waals surface area contributed by atoms with Crippen LogP contribution in [-0.4, -0.2) is 13.0 Å². The molecule has 0 spiro atoms. The SMILES string of the molecule is CCCCCCCCCCCCCCCCC(c1ccccc1C)S(=O)(=O)O. The van der Waals surface area contributed by atoms with Gasteiger partial charge < -0.3 is 0 Å². The molecule has 0 radical (unpaired) electrons. The van der Waals surface area contributed by atoms with Crippen molar-refractivity contribution in [1.82, 2.24) is 0 Å². The Balaban J connectivity index is 2.09. The summed E-state index contributed by atoms with van der Waals surface area (Å²) in [5.74, 6) is 0. The van der Waals surface area contributed by atoms with Gasteiger partial charge in [0.25, 0.3) is 10.1 Å². The first-order valence-electron chi connectivity index (χ1n) is 11.5. The van der Waals surface area contributed by atoms with Crippen LogP contribution >= 0.6 is 0 Å². The van der Waals surface area contributed by atoms with Crippen molar-refractivity contribution in [3.05, 3.63) is 35.4 Å². The van der Waals surface area contributed by atoms with E-state index >= 15 is 0 Å². The van der Waals surface area contributed by atoms with E-state index in [1.165, 1.54) is 70.6 Å². The summed E-state index contributed by atoms with van der Waals surface area (Å²) in [6.07, 6.45) is 18.4. The first-order valence-corrected chi connectivity index (χ1v) is 13.0. The lowest BCUT2D eigenvalue weighted by Crippen LogP contribution is -2.13. The summed E-state index contributed by atoms with van der Waals surface area (Å²) in [4.78, 5) is 0. The topological polar surface area (TPSA) is 54.4 Å². The van der Waals surface area contributed by atoms with E-state index in [4.69, 9.17) is 0 Å². The van der Waals surface area contributed by atoms with E-state index < -0.39 is 15.4 Å². The fourth-order valence-corrected chi connectivity index (χ4v) is 4.99. The highest BCUT2D eigenvalue weighted by Crippen LogP contribution is 2.30. The van der Waals surface area contributed by atoms with E-state index in [0.29, 0.717) is 6.42 Å². The fraction of sp³-hybridized carbons (Fsp3) is 0.750. The lowest BCUT2D eigenvalue weighted by Gasteiger charge is -2.16. The molecular formula is C24H42O3S. The number of aryl methyl sites for hydroxylation is 1.